The van der Waals surface area contributed by atoms with Crippen LogP contribution in [0, 0.1) is 0 Å². The zero-order valence-electron chi connectivity index (χ0n) is 34.7. The molecule has 0 unspecified atom stereocenters. The predicted octanol–water partition coefficient (Wildman–Crippen LogP) is 7.52. The van der Waals surface area contributed by atoms with Crippen molar-refractivity contribution in [1.82, 2.24) is 39.5 Å². The van der Waals surface area contributed by atoms with E-state index in [4.69, 9.17) is 14.7 Å². The van der Waals surface area contributed by atoms with Crippen molar-refractivity contribution in [2.24, 2.45) is 0 Å². The van der Waals surface area contributed by atoms with Gasteiger partial charge in [0.1, 0.15) is 0 Å². The molecule has 3 N–H and O–H groups in total. The van der Waals surface area contributed by atoms with Crippen LogP contribution in [0.25, 0.3) is 0 Å². The average molecular weight is 843 g/mol. The number of aromatic nitrogens is 8. The highest BCUT2D eigenvalue weighted by Crippen LogP contribution is 2.25. The number of aromatic amines is 1. The zero-order chi connectivity index (χ0) is 42.6. The average Bonchev–Trinajstić information content (AvgIpc) is 3.95. The molecule has 6 aromatic rings. The van der Waals surface area contributed by atoms with Crippen molar-refractivity contribution < 1.29 is 24.5 Å². The van der Waals surface area contributed by atoms with Gasteiger partial charge in [0.15, 0.2) is 0 Å². The monoisotopic (exact) mass is 842 g/mol. The summed E-state index contributed by atoms with van der Waals surface area (Å²) in [6.07, 6.45) is 21.5. The Labute approximate surface area is 362 Å². The number of nitrogens with zero attached hydrogens (tertiary/aromatic N) is 7. The molecule has 0 saturated carbocycles. The molecule has 0 radical (unpaired) electrons. The highest BCUT2D eigenvalue weighted by molar-refractivity contribution is 5.68. The number of carboxylic acid groups (broad SMARTS) is 2. The summed E-state index contributed by atoms with van der Waals surface area (Å²) in [6.45, 7) is 0. The van der Waals surface area contributed by atoms with Gasteiger partial charge in [-0.15, -0.1) is 0 Å². The van der Waals surface area contributed by atoms with Crippen LogP contribution in [0.2, 0.25) is 0 Å². The molecule has 0 amide bonds. The summed E-state index contributed by atoms with van der Waals surface area (Å²) in [5.74, 6) is -1.30. The Kier molecular flexibility index (Phi) is 15.9. The Morgan fingerprint density at radius 2 is 1.16 bits per heavy atom. The number of fused-ring (bicyclic) bond motifs is 2. The molecule has 326 valence electrons. The third-order valence-electron chi connectivity index (χ3n) is 11.5. The van der Waals surface area contributed by atoms with E-state index in [2.05, 4.69) is 44.4 Å². The lowest BCUT2D eigenvalue weighted by Crippen LogP contribution is -2.17. The fourth-order valence-electron chi connectivity index (χ4n) is 8.20. The SMILES string of the molecule is C.COc1ccc([C@H](CC(=O)O)n2ccc(CCCc3ccc4c(n3)CCCC4)n2)cn1.O=C(O)C[C@@H](c1ccc(=O)[nH]c1)n1ccc(CCCc2ccc3c(n2)CCCC3)n1. The van der Waals surface area contributed by atoms with Gasteiger partial charge < -0.3 is 19.9 Å². The number of carboxylic acids is 2. The first kappa shape index (κ1) is 45.1. The van der Waals surface area contributed by atoms with E-state index in [1.165, 1.54) is 54.3 Å². The van der Waals surface area contributed by atoms with Gasteiger partial charge in [-0.3, -0.25) is 33.7 Å². The standard InChI is InChI=1S/C24H28N4O3.C23H26N4O3.CH4/c1-31-23-12-10-18(16-25-23)22(15-24(29)30)28-14-13-20(27-28)7-4-6-19-11-9-17-5-2-3-8-21(17)26-19;28-22-11-9-17(15-24-22)21(14-23(29)30)27-13-12-19(26-27)6-3-5-18-10-8-16-4-1-2-7-20(16)25-18;/h9-14,16,22H,2-8,15H2,1H3,(H,29,30);8-13,15,21H,1-7,14H2,(H,24,28)(H,29,30);1H4/t22-;21-;/m00./s1. The number of aliphatic carboxylic acids is 2. The van der Waals surface area contributed by atoms with Crippen molar-refractivity contribution in [3.63, 3.8) is 0 Å². The molecule has 8 rings (SSSR count). The van der Waals surface area contributed by atoms with Crippen LogP contribution in [-0.2, 0) is 61.0 Å². The highest BCUT2D eigenvalue weighted by Gasteiger charge is 2.21. The van der Waals surface area contributed by atoms with Crippen molar-refractivity contribution >= 4 is 11.9 Å². The molecule has 6 heterocycles. The molecule has 2 atom stereocenters. The van der Waals surface area contributed by atoms with E-state index < -0.39 is 24.0 Å². The lowest BCUT2D eigenvalue weighted by molar-refractivity contribution is -0.138. The summed E-state index contributed by atoms with van der Waals surface area (Å²) in [7, 11) is 1.55. The number of hydrogen-bond acceptors (Lipinski definition) is 9. The largest absolute Gasteiger partial charge is 0.481 e. The quantitative estimate of drug-likeness (QED) is 0.0823. The lowest BCUT2D eigenvalue weighted by Gasteiger charge is -2.16. The fourth-order valence-corrected chi connectivity index (χ4v) is 8.20. The topological polar surface area (TPSA) is 191 Å². The second-order valence-corrected chi connectivity index (χ2v) is 15.9. The van der Waals surface area contributed by atoms with Crippen molar-refractivity contribution in [3.8, 4) is 5.88 Å². The maximum Gasteiger partial charge on any atom is 0.305 e. The van der Waals surface area contributed by atoms with E-state index in [9.17, 15) is 24.6 Å². The van der Waals surface area contributed by atoms with Crippen LogP contribution < -0.4 is 10.3 Å². The minimum atomic E-state index is -0.915. The summed E-state index contributed by atoms with van der Waals surface area (Å²) in [5, 5.41) is 27.9. The maximum absolute atomic E-state index is 11.4. The van der Waals surface area contributed by atoms with Crippen molar-refractivity contribution in [3.05, 3.63) is 152 Å². The molecule has 0 fully saturated rings. The lowest BCUT2D eigenvalue weighted by atomic mass is 9.95. The molecule has 0 bridgehead atoms. The van der Waals surface area contributed by atoms with E-state index in [0.29, 0.717) is 11.4 Å². The van der Waals surface area contributed by atoms with E-state index >= 15 is 0 Å². The normalized spacial score (nSPS) is 14.0. The van der Waals surface area contributed by atoms with Crippen LogP contribution in [0.1, 0.15) is 127 Å². The van der Waals surface area contributed by atoms with Crippen LogP contribution in [0.4, 0.5) is 0 Å². The molecule has 14 heteroatoms. The van der Waals surface area contributed by atoms with Gasteiger partial charge in [-0.1, -0.05) is 19.6 Å². The predicted molar refractivity (Wildman–Crippen MR) is 236 cm³/mol. The van der Waals surface area contributed by atoms with Gasteiger partial charge in [-0.2, -0.15) is 10.2 Å². The number of methoxy groups -OCH3 is 1. The minimum Gasteiger partial charge on any atom is -0.481 e. The first-order chi connectivity index (χ1) is 29.7. The smallest absolute Gasteiger partial charge is 0.305 e. The number of aryl methyl sites for hydroxylation is 8. The number of pyridine rings is 4. The molecule has 0 spiro atoms. The second-order valence-electron chi connectivity index (χ2n) is 15.9. The molecular formula is C48H58N8O6. The molecule has 0 saturated heterocycles. The van der Waals surface area contributed by atoms with Gasteiger partial charge in [0, 0.05) is 59.7 Å². The summed E-state index contributed by atoms with van der Waals surface area (Å²) in [6, 6.07) is 18.4. The summed E-state index contributed by atoms with van der Waals surface area (Å²) < 4.78 is 8.50. The van der Waals surface area contributed by atoms with E-state index in [1.54, 1.807) is 41.0 Å². The molecule has 6 aromatic heterocycles. The Hall–Kier alpha value is -6.44. The summed E-state index contributed by atoms with van der Waals surface area (Å²) in [5.41, 5.74) is 10.8. The number of H-pyrrole nitrogens is 1. The highest BCUT2D eigenvalue weighted by atomic mass is 16.5. The fraction of sp³-hybridized carbons (Fsp3) is 0.417. The second kappa shape index (κ2) is 21.9. The molecule has 0 aliphatic heterocycles. The third-order valence-corrected chi connectivity index (χ3v) is 11.5. The van der Waals surface area contributed by atoms with Crippen LogP contribution in [-0.4, -0.2) is 68.8 Å². The number of nitrogens with one attached hydrogen (secondary N) is 1. The zero-order valence-corrected chi connectivity index (χ0v) is 34.7. The van der Waals surface area contributed by atoms with Gasteiger partial charge in [-0.25, -0.2) is 4.98 Å². The molecule has 14 nitrogen and oxygen atoms in total. The van der Waals surface area contributed by atoms with Gasteiger partial charge >= 0.3 is 11.9 Å². The van der Waals surface area contributed by atoms with Crippen molar-refractivity contribution in [1.29, 1.82) is 0 Å². The minimum absolute atomic E-state index is 0. The first-order valence-electron chi connectivity index (χ1n) is 21.4. The van der Waals surface area contributed by atoms with Gasteiger partial charge in [-0.05, 0) is 149 Å². The van der Waals surface area contributed by atoms with Crippen LogP contribution in [0.15, 0.2) is 90.2 Å². The molecular weight excluding hydrogens is 785 g/mol. The molecule has 0 aromatic carbocycles. The number of hydrogen-bond donors (Lipinski definition) is 3. The van der Waals surface area contributed by atoms with E-state index in [1.807, 2.05) is 30.6 Å². The van der Waals surface area contributed by atoms with Crippen LogP contribution in [0.5, 0.6) is 5.88 Å². The van der Waals surface area contributed by atoms with Gasteiger partial charge in [0.2, 0.25) is 11.4 Å². The number of carbonyl (C=O) groups is 2. The first-order valence-corrected chi connectivity index (χ1v) is 21.4. The Morgan fingerprint density at radius 1 is 0.661 bits per heavy atom. The van der Waals surface area contributed by atoms with Crippen molar-refractivity contribution in [2.45, 2.75) is 122 Å². The third kappa shape index (κ3) is 12.3. The number of ether oxygens (including phenoxy) is 1. The summed E-state index contributed by atoms with van der Waals surface area (Å²) >= 11 is 0. The molecule has 62 heavy (non-hydrogen) atoms. The van der Waals surface area contributed by atoms with Crippen LogP contribution >= 0.6 is 0 Å². The maximum atomic E-state index is 11.4. The van der Waals surface area contributed by atoms with E-state index in [0.717, 1.165) is 92.5 Å². The van der Waals surface area contributed by atoms with E-state index in [-0.39, 0.29) is 25.8 Å². The van der Waals surface area contributed by atoms with Gasteiger partial charge in [0.25, 0.3) is 0 Å². The summed E-state index contributed by atoms with van der Waals surface area (Å²) in [4.78, 5) is 50.6. The van der Waals surface area contributed by atoms with Crippen molar-refractivity contribution in [2.75, 3.05) is 7.11 Å². The molecule has 2 aliphatic rings. The Bertz CT molecular complexity index is 2440. The number of rotatable bonds is 17. The van der Waals surface area contributed by atoms with Crippen LogP contribution in [0.3, 0.4) is 0 Å². The Balaban J connectivity index is 0.000000204. The van der Waals surface area contributed by atoms with Gasteiger partial charge in [0.05, 0.1) is 43.4 Å². The molecule has 2 aliphatic carbocycles. The Morgan fingerprint density at radius 3 is 1.63 bits per heavy atom.